The summed E-state index contributed by atoms with van der Waals surface area (Å²) in [6.07, 6.45) is 5.62. The van der Waals surface area contributed by atoms with Crippen LogP contribution in [0, 0.1) is 0 Å². The lowest BCUT2D eigenvalue weighted by molar-refractivity contribution is 0.767. The third kappa shape index (κ3) is 1.22. The molecule has 0 radical (unpaired) electrons. The van der Waals surface area contributed by atoms with Crippen molar-refractivity contribution in [3.63, 3.8) is 0 Å². The SMILES string of the molecule is Cn1cc(-n2cnc3ccccc32)cn1. The fraction of sp³-hybridized carbons (Fsp3) is 0.0909. The predicted molar refractivity (Wildman–Crippen MR) is 57.8 cm³/mol. The summed E-state index contributed by atoms with van der Waals surface area (Å²) in [5.74, 6) is 0. The van der Waals surface area contributed by atoms with Gasteiger partial charge in [0.15, 0.2) is 0 Å². The zero-order valence-corrected chi connectivity index (χ0v) is 8.33. The van der Waals surface area contributed by atoms with Gasteiger partial charge in [0.25, 0.3) is 0 Å². The van der Waals surface area contributed by atoms with E-state index >= 15 is 0 Å². The van der Waals surface area contributed by atoms with E-state index in [0.717, 1.165) is 16.7 Å². The molecule has 0 N–H and O–H groups in total. The molecule has 0 amide bonds. The third-order valence-electron chi connectivity index (χ3n) is 2.42. The normalized spacial score (nSPS) is 11.0. The van der Waals surface area contributed by atoms with E-state index in [1.165, 1.54) is 0 Å². The standard InChI is InChI=1S/C11H10N4/c1-14-7-9(6-13-14)15-8-12-10-4-2-3-5-11(10)15/h2-8H,1H3. The molecule has 1 aromatic carbocycles. The zero-order valence-electron chi connectivity index (χ0n) is 8.33. The molecule has 2 heterocycles. The molecule has 0 atom stereocenters. The summed E-state index contributed by atoms with van der Waals surface area (Å²) in [5.41, 5.74) is 3.14. The van der Waals surface area contributed by atoms with Gasteiger partial charge in [0, 0.05) is 13.2 Å². The number of rotatable bonds is 1. The van der Waals surface area contributed by atoms with Gasteiger partial charge >= 0.3 is 0 Å². The van der Waals surface area contributed by atoms with Crippen molar-refractivity contribution < 1.29 is 0 Å². The van der Waals surface area contributed by atoms with Gasteiger partial charge in [0.1, 0.15) is 6.33 Å². The van der Waals surface area contributed by atoms with Crippen LogP contribution in [0.2, 0.25) is 0 Å². The molecule has 0 aliphatic carbocycles. The molecule has 0 aliphatic rings. The summed E-state index contributed by atoms with van der Waals surface area (Å²) in [7, 11) is 1.91. The highest BCUT2D eigenvalue weighted by atomic mass is 15.3. The number of nitrogens with zero attached hydrogens (tertiary/aromatic N) is 4. The van der Waals surface area contributed by atoms with Crippen LogP contribution in [-0.2, 0) is 7.05 Å². The Morgan fingerprint density at radius 3 is 2.87 bits per heavy atom. The number of aryl methyl sites for hydroxylation is 1. The number of hydrogen-bond acceptors (Lipinski definition) is 2. The second kappa shape index (κ2) is 2.95. The van der Waals surface area contributed by atoms with Crippen molar-refractivity contribution in [1.29, 1.82) is 0 Å². The molecule has 2 aromatic heterocycles. The van der Waals surface area contributed by atoms with E-state index in [1.807, 2.05) is 48.5 Å². The van der Waals surface area contributed by atoms with Crippen LogP contribution in [-0.4, -0.2) is 19.3 Å². The average Bonchev–Trinajstić information content (AvgIpc) is 2.83. The van der Waals surface area contributed by atoms with E-state index in [4.69, 9.17) is 0 Å². The molecular formula is C11H10N4. The minimum Gasteiger partial charge on any atom is -0.296 e. The lowest BCUT2D eigenvalue weighted by Crippen LogP contribution is -1.89. The van der Waals surface area contributed by atoms with E-state index < -0.39 is 0 Å². The lowest BCUT2D eigenvalue weighted by Gasteiger charge is -1.98. The largest absolute Gasteiger partial charge is 0.296 e. The van der Waals surface area contributed by atoms with Crippen molar-refractivity contribution in [2.45, 2.75) is 0 Å². The van der Waals surface area contributed by atoms with Gasteiger partial charge in [-0.1, -0.05) is 12.1 Å². The highest BCUT2D eigenvalue weighted by molar-refractivity contribution is 5.76. The molecule has 0 fully saturated rings. The molecule has 0 saturated heterocycles. The van der Waals surface area contributed by atoms with E-state index in [-0.39, 0.29) is 0 Å². The Balaban J connectivity index is 2.27. The molecule has 0 saturated carbocycles. The smallest absolute Gasteiger partial charge is 0.101 e. The van der Waals surface area contributed by atoms with Crippen LogP contribution in [0.3, 0.4) is 0 Å². The van der Waals surface area contributed by atoms with Gasteiger partial charge in [0.2, 0.25) is 0 Å². The second-order valence-corrected chi connectivity index (χ2v) is 3.48. The van der Waals surface area contributed by atoms with Crippen molar-refractivity contribution >= 4 is 11.0 Å². The lowest BCUT2D eigenvalue weighted by atomic mass is 10.3. The first kappa shape index (κ1) is 8.23. The van der Waals surface area contributed by atoms with E-state index in [0.29, 0.717) is 0 Å². The summed E-state index contributed by atoms with van der Waals surface area (Å²) in [5, 5.41) is 4.15. The Bertz CT molecular complexity index is 606. The van der Waals surface area contributed by atoms with Gasteiger partial charge in [-0.2, -0.15) is 5.10 Å². The quantitative estimate of drug-likeness (QED) is 0.597. The molecule has 0 unspecified atom stereocenters. The van der Waals surface area contributed by atoms with E-state index in [2.05, 4.69) is 16.1 Å². The molecule has 0 bridgehead atoms. The highest BCUT2D eigenvalue weighted by Gasteiger charge is 2.04. The summed E-state index contributed by atoms with van der Waals surface area (Å²) in [6, 6.07) is 8.05. The topological polar surface area (TPSA) is 35.6 Å². The molecule has 3 rings (SSSR count). The molecule has 0 aliphatic heterocycles. The molecular weight excluding hydrogens is 188 g/mol. The first-order chi connectivity index (χ1) is 7.34. The van der Waals surface area contributed by atoms with Gasteiger partial charge in [0.05, 0.1) is 22.9 Å². The van der Waals surface area contributed by atoms with Crippen LogP contribution < -0.4 is 0 Å². The van der Waals surface area contributed by atoms with Crippen molar-refractivity contribution in [3.8, 4) is 5.69 Å². The average molecular weight is 198 g/mol. The van der Waals surface area contributed by atoms with E-state index in [9.17, 15) is 0 Å². The number of aromatic nitrogens is 4. The van der Waals surface area contributed by atoms with Crippen LogP contribution in [0.5, 0.6) is 0 Å². The second-order valence-electron chi connectivity index (χ2n) is 3.48. The number of imidazole rings is 1. The van der Waals surface area contributed by atoms with Gasteiger partial charge in [-0.3, -0.25) is 9.25 Å². The fourth-order valence-corrected chi connectivity index (χ4v) is 1.70. The van der Waals surface area contributed by atoms with Crippen molar-refractivity contribution in [2.75, 3.05) is 0 Å². The number of para-hydroxylation sites is 2. The molecule has 0 spiro atoms. The first-order valence-corrected chi connectivity index (χ1v) is 4.76. The summed E-state index contributed by atoms with van der Waals surface area (Å²) in [6.45, 7) is 0. The maximum absolute atomic E-state index is 4.33. The molecule has 3 aromatic rings. The maximum atomic E-state index is 4.33. The summed E-state index contributed by atoms with van der Waals surface area (Å²) in [4.78, 5) is 4.33. The number of benzene rings is 1. The van der Waals surface area contributed by atoms with E-state index in [1.54, 1.807) is 4.68 Å². The molecule has 15 heavy (non-hydrogen) atoms. The molecule has 4 nitrogen and oxygen atoms in total. The van der Waals surface area contributed by atoms with Crippen molar-refractivity contribution in [3.05, 3.63) is 43.0 Å². The third-order valence-corrected chi connectivity index (χ3v) is 2.42. The fourth-order valence-electron chi connectivity index (χ4n) is 1.70. The maximum Gasteiger partial charge on any atom is 0.101 e. The highest BCUT2D eigenvalue weighted by Crippen LogP contribution is 2.16. The molecule has 4 heteroatoms. The summed E-state index contributed by atoms with van der Waals surface area (Å²) < 4.78 is 3.81. The minimum absolute atomic E-state index is 1.00. The number of hydrogen-bond donors (Lipinski definition) is 0. The van der Waals surface area contributed by atoms with Gasteiger partial charge in [-0.15, -0.1) is 0 Å². The van der Waals surface area contributed by atoms with Crippen LogP contribution in [0.25, 0.3) is 16.7 Å². The Morgan fingerprint density at radius 2 is 2.07 bits per heavy atom. The van der Waals surface area contributed by atoms with Crippen LogP contribution in [0.1, 0.15) is 0 Å². The Hall–Kier alpha value is -2.10. The Labute approximate surface area is 86.8 Å². The van der Waals surface area contributed by atoms with Gasteiger partial charge in [-0.05, 0) is 12.1 Å². The van der Waals surface area contributed by atoms with Gasteiger partial charge in [-0.25, -0.2) is 4.98 Å². The first-order valence-electron chi connectivity index (χ1n) is 4.76. The number of fused-ring (bicyclic) bond motifs is 1. The Morgan fingerprint density at radius 1 is 1.20 bits per heavy atom. The van der Waals surface area contributed by atoms with Crippen molar-refractivity contribution in [1.82, 2.24) is 19.3 Å². The van der Waals surface area contributed by atoms with Gasteiger partial charge < -0.3 is 0 Å². The molecule has 74 valence electrons. The predicted octanol–water partition coefficient (Wildman–Crippen LogP) is 1.76. The zero-order chi connectivity index (χ0) is 10.3. The summed E-state index contributed by atoms with van der Waals surface area (Å²) >= 11 is 0. The monoisotopic (exact) mass is 198 g/mol. The van der Waals surface area contributed by atoms with Crippen LogP contribution >= 0.6 is 0 Å². The Kier molecular flexibility index (Phi) is 1.62. The van der Waals surface area contributed by atoms with Crippen molar-refractivity contribution in [2.24, 2.45) is 7.05 Å². The minimum atomic E-state index is 1.00. The van der Waals surface area contributed by atoms with Crippen LogP contribution in [0.15, 0.2) is 43.0 Å². The van der Waals surface area contributed by atoms with Crippen LogP contribution in [0.4, 0.5) is 0 Å².